The lowest BCUT2D eigenvalue weighted by molar-refractivity contribution is -0.155. The third kappa shape index (κ3) is 4.11. The van der Waals surface area contributed by atoms with Crippen LogP contribution in [-0.4, -0.2) is 37.6 Å². The highest BCUT2D eigenvalue weighted by molar-refractivity contribution is 6.32. The summed E-state index contributed by atoms with van der Waals surface area (Å²) in [6.07, 6.45) is -3.06. The van der Waals surface area contributed by atoms with Crippen LogP contribution in [0.2, 0.25) is 0 Å². The Morgan fingerprint density at radius 3 is 2.36 bits per heavy atom. The second-order valence-corrected chi connectivity index (χ2v) is 2.29. The maximum Gasteiger partial charge on any atom is 0.396 e. The number of carbonyl (C=O) groups is 2. The van der Waals surface area contributed by atoms with Gasteiger partial charge in [-0.2, -0.15) is 0 Å². The van der Waals surface area contributed by atoms with Crippen molar-refractivity contribution in [3.63, 3.8) is 0 Å². The second kappa shape index (κ2) is 6.22. The fourth-order valence-corrected chi connectivity index (χ4v) is 0.593. The molecule has 0 saturated heterocycles. The first kappa shape index (κ1) is 12.7. The van der Waals surface area contributed by atoms with E-state index in [0.29, 0.717) is 0 Å². The molecular weight excluding hydrogens is 203 g/mol. The molecule has 7 heteroatoms. The summed E-state index contributed by atoms with van der Waals surface area (Å²) < 4.78 is 39.9. The monoisotopic (exact) mass is 213 g/mol. The van der Waals surface area contributed by atoms with E-state index >= 15 is 0 Å². The van der Waals surface area contributed by atoms with E-state index in [2.05, 4.69) is 4.74 Å². The Morgan fingerprint density at radius 2 is 2.00 bits per heavy atom. The summed E-state index contributed by atoms with van der Waals surface area (Å²) in [7, 11) is 0. The summed E-state index contributed by atoms with van der Waals surface area (Å²) in [5, 5.41) is 1.51. The molecule has 0 aliphatic carbocycles. The molecule has 0 bridgehead atoms. The van der Waals surface area contributed by atoms with Crippen molar-refractivity contribution in [2.45, 2.75) is 19.4 Å². The topological polar surface area (TPSA) is 55.4 Å². The Balaban J connectivity index is 4.08. The van der Waals surface area contributed by atoms with Crippen LogP contribution >= 0.6 is 0 Å². The predicted molar refractivity (Wildman–Crippen MR) is 40.5 cm³/mol. The van der Waals surface area contributed by atoms with Gasteiger partial charge in [0.1, 0.15) is 12.7 Å². The average Bonchev–Trinajstić information content (AvgIpc) is 2.13. The number of carbonyl (C=O) groups excluding carboxylic acids is 2. The highest BCUT2D eigenvalue weighted by Crippen LogP contribution is 2.01. The number of rotatable bonds is 4. The Morgan fingerprint density at radius 1 is 1.43 bits per heavy atom. The van der Waals surface area contributed by atoms with Gasteiger partial charge in [0.25, 0.3) is 6.43 Å². The lowest BCUT2D eigenvalue weighted by Gasteiger charge is -2.12. The van der Waals surface area contributed by atoms with E-state index < -0.39 is 31.0 Å². The molecule has 0 aromatic heterocycles. The Labute approximate surface area is 78.4 Å². The molecule has 0 saturated carbocycles. The molecule has 4 nitrogen and oxygen atoms in total. The third-order valence-electron chi connectivity index (χ3n) is 1.25. The average molecular weight is 213 g/mol. The number of ether oxygens (including phenoxy) is 1. The summed E-state index contributed by atoms with van der Waals surface area (Å²) in [5.74, 6) is -2.67. The van der Waals surface area contributed by atoms with Crippen LogP contribution in [0.4, 0.5) is 13.2 Å². The molecule has 0 spiro atoms. The minimum atomic E-state index is -3.06. The van der Waals surface area contributed by atoms with Crippen molar-refractivity contribution in [2.24, 2.45) is 0 Å². The van der Waals surface area contributed by atoms with Crippen LogP contribution < -0.4 is 5.32 Å². The normalized spacial score (nSPS) is 12.4. The molecule has 0 rings (SSSR count). The molecule has 0 radical (unpaired) electrons. The number of halogens is 3. The van der Waals surface area contributed by atoms with Gasteiger partial charge in [0.05, 0.1) is 6.61 Å². The first-order valence-electron chi connectivity index (χ1n) is 3.84. The molecule has 1 atom stereocenters. The van der Waals surface area contributed by atoms with Gasteiger partial charge in [-0.25, -0.2) is 18.0 Å². The lowest BCUT2D eigenvalue weighted by atomic mass is 10.3. The highest BCUT2D eigenvalue weighted by atomic mass is 19.3. The van der Waals surface area contributed by atoms with E-state index in [4.69, 9.17) is 0 Å². The molecule has 82 valence electrons. The minimum Gasteiger partial charge on any atom is -0.459 e. The minimum absolute atomic E-state index is 0.0543. The van der Waals surface area contributed by atoms with Crippen molar-refractivity contribution in [3.05, 3.63) is 0 Å². The van der Waals surface area contributed by atoms with Crippen molar-refractivity contribution in [1.82, 2.24) is 5.32 Å². The number of amides is 1. The van der Waals surface area contributed by atoms with Crippen molar-refractivity contribution < 1.29 is 27.5 Å². The summed E-state index contributed by atoms with van der Waals surface area (Å²) in [6, 6.07) is -1.97. The summed E-state index contributed by atoms with van der Waals surface area (Å²) in [6.45, 7) is -0.0467. The predicted octanol–water partition coefficient (Wildman–Crippen LogP) is 0.269. The highest BCUT2D eigenvalue weighted by Gasteiger charge is 2.25. The zero-order valence-electron chi connectivity index (χ0n) is 7.43. The van der Waals surface area contributed by atoms with Gasteiger partial charge in [-0.1, -0.05) is 0 Å². The van der Waals surface area contributed by atoms with E-state index in [-0.39, 0.29) is 6.61 Å². The van der Waals surface area contributed by atoms with Gasteiger partial charge in [0.2, 0.25) is 0 Å². The smallest absolute Gasteiger partial charge is 0.396 e. The number of alkyl halides is 3. The Kier molecular flexibility index (Phi) is 5.66. The van der Waals surface area contributed by atoms with Gasteiger partial charge in [-0.3, -0.25) is 4.79 Å². The maximum atomic E-state index is 11.9. The Hall–Kier alpha value is -1.27. The van der Waals surface area contributed by atoms with Crippen LogP contribution in [0.3, 0.4) is 0 Å². The van der Waals surface area contributed by atoms with Gasteiger partial charge in [0, 0.05) is 0 Å². The van der Waals surface area contributed by atoms with Crippen molar-refractivity contribution >= 4 is 11.9 Å². The number of nitrogens with one attached hydrogen (secondary N) is 1. The quantitative estimate of drug-likeness (QED) is 0.538. The lowest BCUT2D eigenvalue weighted by Crippen LogP contribution is -2.45. The second-order valence-electron chi connectivity index (χ2n) is 2.29. The summed E-state index contributed by atoms with van der Waals surface area (Å²) in [4.78, 5) is 21.3. The Bertz CT molecular complexity index is 210. The zero-order valence-corrected chi connectivity index (χ0v) is 7.43. The molecule has 0 aromatic rings. The molecule has 14 heavy (non-hydrogen) atoms. The van der Waals surface area contributed by atoms with Crippen molar-refractivity contribution in [2.75, 3.05) is 13.3 Å². The van der Waals surface area contributed by atoms with Gasteiger partial charge < -0.3 is 10.1 Å². The van der Waals surface area contributed by atoms with Crippen LogP contribution in [0.1, 0.15) is 6.92 Å². The van der Waals surface area contributed by atoms with Gasteiger partial charge >= 0.3 is 11.9 Å². The van der Waals surface area contributed by atoms with Gasteiger partial charge in [0.15, 0.2) is 0 Å². The molecule has 1 amide bonds. The molecular formula is C7H10F3NO3. The first-order valence-corrected chi connectivity index (χ1v) is 3.84. The van der Waals surface area contributed by atoms with E-state index in [1.165, 1.54) is 12.2 Å². The van der Waals surface area contributed by atoms with Crippen LogP contribution in [0.5, 0.6) is 0 Å². The van der Waals surface area contributed by atoms with Crippen LogP contribution in [0, 0.1) is 0 Å². The van der Waals surface area contributed by atoms with E-state index in [1.807, 2.05) is 0 Å². The fourth-order valence-electron chi connectivity index (χ4n) is 0.593. The molecule has 0 fully saturated rings. The van der Waals surface area contributed by atoms with Crippen LogP contribution in [-0.2, 0) is 14.3 Å². The number of hydrogen-bond donors (Lipinski definition) is 1. The molecule has 0 aliphatic rings. The number of esters is 1. The van der Waals surface area contributed by atoms with Crippen molar-refractivity contribution in [3.8, 4) is 0 Å². The van der Waals surface area contributed by atoms with Crippen LogP contribution in [0.15, 0.2) is 0 Å². The van der Waals surface area contributed by atoms with E-state index in [9.17, 15) is 22.8 Å². The molecule has 0 aliphatic heterocycles. The first-order chi connectivity index (χ1) is 6.52. The van der Waals surface area contributed by atoms with Crippen molar-refractivity contribution in [1.29, 1.82) is 0 Å². The van der Waals surface area contributed by atoms with E-state index in [1.54, 1.807) is 0 Å². The molecule has 1 unspecified atom stereocenters. The maximum absolute atomic E-state index is 11.9. The van der Waals surface area contributed by atoms with Crippen LogP contribution in [0.25, 0.3) is 0 Å². The number of hydrogen-bond acceptors (Lipinski definition) is 3. The fraction of sp³-hybridized carbons (Fsp3) is 0.714. The zero-order chi connectivity index (χ0) is 11.1. The van der Waals surface area contributed by atoms with Gasteiger partial charge in [-0.15, -0.1) is 0 Å². The summed E-state index contributed by atoms with van der Waals surface area (Å²) in [5.41, 5.74) is 0. The third-order valence-corrected chi connectivity index (χ3v) is 1.25. The summed E-state index contributed by atoms with van der Waals surface area (Å²) >= 11 is 0. The SMILES string of the molecule is CCOC(=O)C(=O)NC(CF)C(F)F. The molecule has 1 N–H and O–H groups in total. The van der Waals surface area contributed by atoms with Gasteiger partial charge in [-0.05, 0) is 6.92 Å². The van der Waals surface area contributed by atoms with E-state index in [0.717, 1.165) is 0 Å². The largest absolute Gasteiger partial charge is 0.459 e. The molecule has 0 heterocycles. The standard InChI is InChI=1S/C7H10F3NO3/c1-2-14-7(13)6(12)11-4(3-8)5(9)10/h4-5H,2-3H2,1H3,(H,11,12). The molecule has 0 aromatic carbocycles.